The molecule has 0 fully saturated rings. The van der Waals surface area contributed by atoms with Gasteiger partial charge in [0, 0.05) is 17.1 Å². The second-order valence-electron chi connectivity index (χ2n) is 4.81. The predicted octanol–water partition coefficient (Wildman–Crippen LogP) is 3.69. The van der Waals surface area contributed by atoms with E-state index in [1.165, 1.54) is 0 Å². The van der Waals surface area contributed by atoms with Crippen LogP contribution in [0.3, 0.4) is 0 Å². The third kappa shape index (κ3) is 2.84. The zero-order valence-corrected chi connectivity index (χ0v) is 11.6. The van der Waals surface area contributed by atoms with Gasteiger partial charge in [-0.3, -0.25) is 10.4 Å². The van der Waals surface area contributed by atoms with Gasteiger partial charge in [0.1, 0.15) is 5.75 Å². The average molecular weight is 277 g/mol. The molecule has 0 aliphatic carbocycles. The van der Waals surface area contributed by atoms with E-state index in [1.807, 2.05) is 49.4 Å². The molecule has 0 saturated heterocycles. The molecule has 1 heterocycles. The Morgan fingerprint density at radius 3 is 2.90 bits per heavy atom. The van der Waals surface area contributed by atoms with Crippen LogP contribution in [0.4, 0.5) is 5.69 Å². The highest BCUT2D eigenvalue weighted by Gasteiger charge is 2.00. The number of hydrazone groups is 1. The van der Waals surface area contributed by atoms with E-state index in [0.717, 1.165) is 22.2 Å². The van der Waals surface area contributed by atoms with Crippen LogP contribution < -0.4 is 5.43 Å². The first-order valence-corrected chi connectivity index (χ1v) is 6.66. The molecule has 0 amide bonds. The first-order valence-electron chi connectivity index (χ1n) is 6.66. The Balaban J connectivity index is 1.86. The van der Waals surface area contributed by atoms with Crippen LogP contribution in [0.25, 0.3) is 10.9 Å². The van der Waals surface area contributed by atoms with E-state index in [9.17, 15) is 5.11 Å². The number of fused-ring (bicyclic) bond motifs is 1. The van der Waals surface area contributed by atoms with Gasteiger partial charge in [0.05, 0.1) is 17.4 Å². The Kier molecular flexibility index (Phi) is 3.51. The minimum atomic E-state index is 0.214. The number of anilines is 1. The highest BCUT2D eigenvalue weighted by Crippen LogP contribution is 2.21. The zero-order chi connectivity index (χ0) is 14.7. The van der Waals surface area contributed by atoms with Gasteiger partial charge in [0.2, 0.25) is 0 Å². The summed E-state index contributed by atoms with van der Waals surface area (Å²) in [5.41, 5.74) is 6.55. The number of para-hydroxylation sites is 1. The SMILES string of the molecule is Cc1ccc(O)c(/C=N/Nc2ccnc3ccccc23)c1. The predicted molar refractivity (Wildman–Crippen MR) is 85.8 cm³/mol. The van der Waals surface area contributed by atoms with E-state index in [4.69, 9.17) is 0 Å². The Labute approximate surface area is 122 Å². The molecule has 4 heteroatoms. The average Bonchev–Trinajstić information content (AvgIpc) is 2.51. The second-order valence-corrected chi connectivity index (χ2v) is 4.81. The molecule has 2 N–H and O–H groups in total. The van der Waals surface area contributed by atoms with Gasteiger partial charge in [0.25, 0.3) is 0 Å². The fourth-order valence-electron chi connectivity index (χ4n) is 2.14. The fourth-order valence-corrected chi connectivity index (χ4v) is 2.14. The van der Waals surface area contributed by atoms with Crippen LogP contribution in [0.1, 0.15) is 11.1 Å². The van der Waals surface area contributed by atoms with E-state index in [1.54, 1.807) is 18.5 Å². The normalized spacial score (nSPS) is 11.1. The fraction of sp³-hybridized carbons (Fsp3) is 0.0588. The van der Waals surface area contributed by atoms with Crippen LogP contribution in [-0.2, 0) is 0 Å². The minimum absolute atomic E-state index is 0.214. The van der Waals surface area contributed by atoms with Crippen LogP contribution in [0.5, 0.6) is 5.75 Å². The van der Waals surface area contributed by atoms with E-state index in [2.05, 4.69) is 15.5 Å². The summed E-state index contributed by atoms with van der Waals surface area (Å²) in [4.78, 5) is 4.30. The van der Waals surface area contributed by atoms with Crippen LogP contribution in [0, 0.1) is 6.92 Å². The number of phenolic OH excluding ortho intramolecular Hbond substituents is 1. The van der Waals surface area contributed by atoms with E-state index < -0.39 is 0 Å². The van der Waals surface area contributed by atoms with Gasteiger partial charge in [-0.2, -0.15) is 5.10 Å². The molecule has 0 unspecified atom stereocenters. The van der Waals surface area contributed by atoms with Crippen molar-refractivity contribution in [2.45, 2.75) is 6.92 Å². The monoisotopic (exact) mass is 277 g/mol. The summed E-state index contributed by atoms with van der Waals surface area (Å²) in [6.45, 7) is 1.97. The summed E-state index contributed by atoms with van der Waals surface area (Å²) in [5.74, 6) is 0.214. The number of aromatic hydroxyl groups is 1. The van der Waals surface area contributed by atoms with Gasteiger partial charge in [0.15, 0.2) is 0 Å². The van der Waals surface area contributed by atoms with Crippen LogP contribution >= 0.6 is 0 Å². The lowest BCUT2D eigenvalue weighted by Crippen LogP contribution is -1.93. The smallest absolute Gasteiger partial charge is 0.124 e. The molecule has 3 aromatic rings. The summed E-state index contributed by atoms with van der Waals surface area (Å²) < 4.78 is 0. The lowest BCUT2D eigenvalue weighted by atomic mass is 10.1. The van der Waals surface area contributed by atoms with Crippen molar-refractivity contribution in [3.8, 4) is 5.75 Å². The number of nitrogens with one attached hydrogen (secondary N) is 1. The standard InChI is InChI=1S/C17H15N3O/c1-12-6-7-17(21)13(10-12)11-19-20-16-8-9-18-15-5-3-2-4-14(15)16/h2-11,21H,1H3,(H,18,20)/b19-11+. The Hall–Kier alpha value is -2.88. The van der Waals surface area contributed by atoms with Gasteiger partial charge in [-0.15, -0.1) is 0 Å². The van der Waals surface area contributed by atoms with Crippen molar-refractivity contribution >= 4 is 22.8 Å². The van der Waals surface area contributed by atoms with Gasteiger partial charge in [-0.1, -0.05) is 29.8 Å². The zero-order valence-electron chi connectivity index (χ0n) is 11.6. The van der Waals surface area contributed by atoms with Crippen LogP contribution in [-0.4, -0.2) is 16.3 Å². The number of benzene rings is 2. The number of phenols is 1. The third-order valence-electron chi connectivity index (χ3n) is 3.22. The largest absolute Gasteiger partial charge is 0.507 e. The van der Waals surface area contributed by atoms with Gasteiger partial charge in [-0.25, -0.2) is 0 Å². The molecular formula is C17H15N3O. The number of pyridine rings is 1. The van der Waals surface area contributed by atoms with Crippen molar-refractivity contribution < 1.29 is 5.11 Å². The molecule has 104 valence electrons. The van der Waals surface area contributed by atoms with Crippen LogP contribution in [0.15, 0.2) is 59.8 Å². The first-order chi connectivity index (χ1) is 10.2. The Morgan fingerprint density at radius 2 is 2.00 bits per heavy atom. The molecule has 1 aromatic heterocycles. The number of nitrogens with zero attached hydrogens (tertiary/aromatic N) is 2. The van der Waals surface area contributed by atoms with E-state index >= 15 is 0 Å². The molecule has 0 saturated carbocycles. The highest BCUT2D eigenvalue weighted by atomic mass is 16.3. The Bertz CT molecular complexity index is 807. The number of aryl methyl sites for hydroxylation is 1. The second kappa shape index (κ2) is 5.63. The third-order valence-corrected chi connectivity index (χ3v) is 3.22. The highest BCUT2D eigenvalue weighted by molar-refractivity contribution is 5.91. The summed E-state index contributed by atoms with van der Waals surface area (Å²) in [6, 6.07) is 15.1. The van der Waals surface area contributed by atoms with Gasteiger partial charge in [-0.05, 0) is 31.2 Å². The molecule has 2 aromatic carbocycles. The summed E-state index contributed by atoms with van der Waals surface area (Å²) in [5, 5.41) is 15.0. The molecule has 0 atom stereocenters. The molecule has 21 heavy (non-hydrogen) atoms. The number of aromatic nitrogens is 1. The first kappa shape index (κ1) is 13.1. The summed E-state index contributed by atoms with van der Waals surface area (Å²) >= 11 is 0. The van der Waals surface area contributed by atoms with E-state index in [-0.39, 0.29) is 5.75 Å². The maximum atomic E-state index is 9.77. The molecular weight excluding hydrogens is 262 g/mol. The summed E-state index contributed by atoms with van der Waals surface area (Å²) in [6.07, 6.45) is 3.35. The van der Waals surface area contributed by atoms with Crippen molar-refractivity contribution in [2.24, 2.45) is 5.10 Å². The lowest BCUT2D eigenvalue weighted by Gasteiger charge is -2.05. The van der Waals surface area contributed by atoms with Crippen molar-refractivity contribution in [2.75, 3.05) is 5.43 Å². The maximum absolute atomic E-state index is 9.77. The van der Waals surface area contributed by atoms with Crippen molar-refractivity contribution in [1.82, 2.24) is 4.98 Å². The molecule has 0 radical (unpaired) electrons. The van der Waals surface area contributed by atoms with E-state index in [0.29, 0.717) is 5.56 Å². The maximum Gasteiger partial charge on any atom is 0.124 e. The van der Waals surface area contributed by atoms with Crippen molar-refractivity contribution in [3.63, 3.8) is 0 Å². The molecule has 0 bridgehead atoms. The topological polar surface area (TPSA) is 57.5 Å². The lowest BCUT2D eigenvalue weighted by molar-refractivity contribution is 0.474. The molecule has 0 aliphatic heterocycles. The number of hydrogen-bond donors (Lipinski definition) is 2. The summed E-state index contributed by atoms with van der Waals surface area (Å²) in [7, 11) is 0. The van der Waals surface area contributed by atoms with Crippen molar-refractivity contribution in [3.05, 3.63) is 65.9 Å². The quantitative estimate of drug-likeness (QED) is 0.567. The van der Waals surface area contributed by atoms with Crippen molar-refractivity contribution in [1.29, 1.82) is 0 Å². The van der Waals surface area contributed by atoms with Crippen LogP contribution in [0.2, 0.25) is 0 Å². The molecule has 0 aliphatic rings. The Morgan fingerprint density at radius 1 is 1.14 bits per heavy atom. The number of rotatable bonds is 3. The van der Waals surface area contributed by atoms with Gasteiger partial charge >= 0.3 is 0 Å². The number of hydrogen-bond acceptors (Lipinski definition) is 4. The minimum Gasteiger partial charge on any atom is -0.507 e. The van der Waals surface area contributed by atoms with Gasteiger partial charge < -0.3 is 5.11 Å². The molecule has 4 nitrogen and oxygen atoms in total. The molecule has 3 rings (SSSR count). The molecule has 0 spiro atoms.